The van der Waals surface area contributed by atoms with E-state index in [2.05, 4.69) is 50.2 Å². The summed E-state index contributed by atoms with van der Waals surface area (Å²) < 4.78 is 1.96. The number of hydrazine groups is 1. The van der Waals surface area contributed by atoms with Gasteiger partial charge in [0.1, 0.15) is 12.0 Å². The van der Waals surface area contributed by atoms with E-state index in [4.69, 9.17) is 0 Å². The molecular weight excluding hydrogens is 454 g/mol. The Kier molecular flexibility index (Phi) is 6.58. The van der Waals surface area contributed by atoms with E-state index in [-0.39, 0.29) is 35.7 Å². The molecule has 1 aliphatic rings. The van der Waals surface area contributed by atoms with Gasteiger partial charge >= 0.3 is 0 Å². The zero-order valence-electron chi connectivity index (χ0n) is 20.5. The van der Waals surface area contributed by atoms with Crippen LogP contribution in [-0.2, 0) is 4.79 Å². The van der Waals surface area contributed by atoms with Gasteiger partial charge in [0.15, 0.2) is 5.78 Å². The third-order valence-corrected chi connectivity index (χ3v) is 6.70. The van der Waals surface area contributed by atoms with E-state index in [1.54, 1.807) is 18.5 Å². The number of nitrogens with one attached hydrogen (secondary N) is 3. The molecule has 0 aliphatic carbocycles. The van der Waals surface area contributed by atoms with E-state index in [1.165, 1.54) is 12.5 Å². The molecule has 1 aliphatic heterocycles. The third kappa shape index (κ3) is 4.62. The summed E-state index contributed by atoms with van der Waals surface area (Å²) >= 11 is 0. The number of hydrogen-bond acceptors (Lipinski definition) is 7. The van der Waals surface area contributed by atoms with Crippen LogP contribution >= 0.6 is 0 Å². The number of aromatic nitrogens is 4. The first-order valence-corrected chi connectivity index (χ1v) is 12.1. The molecule has 1 saturated heterocycles. The maximum atomic E-state index is 13.4. The SMILES string of the molecule is CC1NNC(c2ccccc2)C1CC(=O)Nc1cncc(C(=O)c2cn(C(C)C)c3ncncc23)c1. The van der Waals surface area contributed by atoms with E-state index in [9.17, 15) is 9.59 Å². The summed E-state index contributed by atoms with van der Waals surface area (Å²) in [5.74, 6) is -0.262. The zero-order valence-corrected chi connectivity index (χ0v) is 20.5. The Morgan fingerprint density at radius 3 is 2.67 bits per heavy atom. The molecule has 9 nitrogen and oxygen atoms in total. The lowest BCUT2D eigenvalue weighted by molar-refractivity contribution is -0.117. The lowest BCUT2D eigenvalue weighted by atomic mass is 9.87. The number of amides is 1. The normalized spacial score (nSPS) is 19.6. The second kappa shape index (κ2) is 9.96. The number of ketones is 1. The molecule has 3 atom stereocenters. The first-order chi connectivity index (χ1) is 17.4. The Bertz CT molecular complexity index is 1400. The molecule has 1 fully saturated rings. The van der Waals surface area contributed by atoms with E-state index >= 15 is 0 Å². The quantitative estimate of drug-likeness (QED) is 0.343. The Morgan fingerprint density at radius 1 is 1.08 bits per heavy atom. The summed E-state index contributed by atoms with van der Waals surface area (Å²) in [6.07, 6.45) is 8.32. The Hall–Kier alpha value is -3.95. The Labute approximate surface area is 209 Å². The lowest BCUT2D eigenvalue weighted by Crippen LogP contribution is -2.29. The molecule has 3 unspecified atom stereocenters. The number of fused-ring (bicyclic) bond motifs is 1. The molecule has 1 amide bonds. The molecule has 9 heteroatoms. The van der Waals surface area contributed by atoms with Crippen LogP contribution in [0.15, 0.2) is 67.5 Å². The highest BCUT2D eigenvalue weighted by Crippen LogP contribution is 2.31. The Morgan fingerprint density at radius 2 is 1.89 bits per heavy atom. The van der Waals surface area contributed by atoms with Crippen molar-refractivity contribution in [1.29, 1.82) is 0 Å². The second-order valence-corrected chi connectivity index (χ2v) is 9.48. The molecule has 4 heterocycles. The Balaban J connectivity index is 1.33. The van der Waals surface area contributed by atoms with Crippen molar-refractivity contribution in [2.75, 3.05) is 5.32 Å². The van der Waals surface area contributed by atoms with Crippen LogP contribution in [0.25, 0.3) is 11.0 Å². The average Bonchev–Trinajstić information content (AvgIpc) is 3.45. The second-order valence-electron chi connectivity index (χ2n) is 9.48. The predicted molar refractivity (Wildman–Crippen MR) is 137 cm³/mol. The monoisotopic (exact) mass is 483 g/mol. The number of nitrogens with zero attached hydrogens (tertiary/aromatic N) is 4. The summed E-state index contributed by atoms with van der Waals surface area (Å²) in [6.45, 7) is 6.13. The fourth-order valence-corrected chi connectivity index (χ4v) is 4.79. The van der Waals surface area contributed by atoms with Gasteiger partial charge in [-0.3, -0.25) is 20.0 Å². The van der Waals surface area contributed by atoms with Gasteiger partial charge in [-0.25, -0.2) is 15.4 Å². The van der Waals surface area contributed by atoms with Crippen LogP contribution in [0.3, 0.4) is 0 Å². The average molecular weight is 484 g/mol. The molecule has 1 aromatic carbocycles. The van der Waals surface area contributed by atoms with Gasteiger partial charge in [0.25, 0.3) is 0 Å². The summed E-state index contributed by atoms with van der Waals surface area (Å²) in [4.78, 5) is 39.1. The van der Waals surface area contributed by atoms with Crippen molar-refractivity contribution in [3.8, 4) is 0 Å². The standard InChI is InChI=1S/C27H29N7O2/c1-16(2)34-14-23(22-13-29-15-30-27(22)34)26(36)19-9-20(12-28-11-19)31-24(35)10-21-17(3)32-33-25(21)18-7-5-4-6-8-18/h4-9,11-17,21,25,32-33H,10H2,1-3H3,(H,31,35). The highest BCUT2D eigenvalue weighted by Gasteiger charge is 2.35. The molecule has 3 N–H and O–H groups in total. The fourth-order valence-electron chi connectivity index (χ4n) is 4.79. The molecule has 184 valence electrons. The van der Waals surface area contributed by atoms with Crippen molar-refractivity contribution < 1.29 is 9.59 Å². The minimum atomic E-state index is -0.195. The van der Waals surface area contributed by atoms with E-state index < -0.39 is 0 Å². The van der Waals surface area contributed by atoms with Gasteiger partial charge in [0, 0.05) is 54.0 Å². The molecule has 0 saturated carbocycles. The van der Waals surface area contributed by atoms with Crippen molar-refractivity contribution >= 4 is 28.4 Å². The van der Waals surface area contributed by atoms with Crippen molar-refractivity contribution in [2.45, 2.75) is 45.3 Å². The van der Waals surface area contributed by atoms with E-state index in [0.29, 0.717) is 34.3 Å². The fraction of sp³-hybridized carbons (Fsp3) is 0.296. The minimum absolute atomic E-state index is 0.0264. The van der Waals surface area contributed by atoms with Crippen molar-refractivity contribution in [3.63, 3.8) is 0 Å². The lowest BCUT2D eigenvalue weighted by Gasteiger charge is -2.21. The predicted octanol–water partition coefficient (Wildman–Crippen LogP) is 3.82. The highest BCUT2D eigenvalue weighted by molar-refractivity contribution is 6.16. The molecule has 3 aromatic heterocycles. The van der Waals surface area contributed by atoms with Crippen LogP contribution < -0.4 is 16.2 Å². The van der Waals surface area contributed by atoms with Gasteiger partial charge in [-0.2, -0.15) is 0 Å². The number of carbonyl (C=O) groups excluding carboxylic acids is 2. The van der Waals surface area contributed by atoms with Crippen molar-refractivity contribution in [2.24, 2.45) is 5.92 Å². The van der Waals surface area contributed by atoms with Crippen LogP contribution in [0, 0.1) is 5.92 Å². The minimum Gasteiger partial charge on any atom is -0.329 e. The van der Waals surface area contributed by atoms with Gasteiger partial charge in [-0.15, -0.1) is 0 Å². The van der Waals surface area contributed by atoms with E-state index in [0.717, 1.165) is 5.56 Å². The van der Waals surface area contributed by atoms with Crippen LogP contribution in [0.5, 0.6) is 0 Å². The topological polar surface area (TPSA) is 114 Å². The van der Waals surface area contributed by atoms with Crippen molar-refractivity contribution in [1.82, 2.24) is 30.4 Å². The number of benzene rings is 1. The van der Waals surface area contributed by atoms with Gasteiger partial charge in [-0.1, -0.05) is 30.3 Å². The van der Waals surface area contributed by atoms with Gasteiger partial charge in [0.2, 0.25) is 5.91 Å². The van der Waals surface area contributed by atoms with Gasteiger partial charge < -0.3 is 9.88 Å². The van der Waals surface area contributed by atoms with Crippen molar-refractivity contribution in [3.05, 3.63) is 84.2 Å². The van der Waals surface area contributed by atoms with Gasteiger partial charge in [0.05, 0.1) is 23.5 Å². The van der Waals surface area contributed by atoms with Crippen LogP contribution in [0.4, 0.5) is 5.69 Å². The maximum absolute atomic E-state index is 13.4. The molecule has 0 bridgehead atoms. The summed E-state index contributed by atoms with van der Waals surface area (Å²) in [7, 11) is 0. The van der Waals surface area contributed by atoms with Crippen LogP contribution in [0.1, 0.15) is 60.8 Å². The van der Waals surface area contributed by atoms with Gasteiger partial charge in [-0.05, 0) is 32.4 Å². The van der Waals surface area contributed by atoms with E-state index in [1.807, 2.05) is 42.8 Å². The number of hydrogen-bond donors (Lipinski definition) is 3. The number of rotatable bonds is 7. The number of anilines is 1. The molecule has 36 heavy (non-hydrogen) atoms. The third-order valence-electron chi connectivity index (χ3n) is 6.70. The largest absolute Gasteiger partial charge is 0.329 e. The number of carbonyl (C=O) groups is 2. The molecule has 5 rings (SSSR count). The smallest absolute Gasteiger partial charge is 0.224 e. The van der Waals surface area contributed by atoms with Crippen LogP contribution in [-0.4, -0.2) is 37.3 Å². The summed E-state index contributed by atoms with van der Waals surface area (Å²) in [5.41, 5.74) is 9.78. The summed E-state index contributed by atoms with van der Waals surface area (Å²) in [5, 5.41) is 3.62. The zero-order chi connectivity index (χ0) is 25.2. The molecular formula is C27H29N7O2. The maximum Gasteiger partial charge on any atom is 0.224 e. The molecule has 4 aromatic rings. The molecule has 0 radical (unpaired) electrons. The summed E-state index contributed by atoms with van der Waals surface area (Å²) in [6, 6.07) is 12.0. The van der Waals surface area contributed by atoms with Crippen LogP contribution in [0.2, 0.25) is 0 Å². The molecule has 0 spiro atoms. The highest BCUT2D eigenvalue weighted by atomic mass is 16.1. The first-order valence-electron chi connectivity index (χ1n) is 12.1. The first kappa shape index (κ1) is 23.8. The number of pyridine rings is 1.